The smallest absolute Gasteiger partial charge is 0.272 e. The van der Waals surface area contributed by atoms with Crippen molar-refractivity contribution in [2.45, 2.75) is 13.5 Å². The lowest BCUT2D eigenvalue weighted by molar-refractivity contribution is -0.385. The average molecular weight is 382 g/mol. The summed E-state index contributed by atoms with van der Waals surface area (Å²) in [5, 5.41) is 13.8. The number of nitro groups is 1. The Morgan fingerprint density at radius 1 is 1.07 bits per heavy atom. The quantitative estimate of drug-likeness (QED) is 0.588. The number of rotatable bonds is 7. The third-order valence-corrected chi connectivity index (χ3v) is 5.08. The van der Waals surface area contributed by atoms with Crippen LogP contribution >= 0.6 is 0 Å². The van der Waals surface area contributed by atoms with E-state index in [0.717, 1.165) is 39.3 Å². The third kappa shape index (κ3) is 5.37. The van der Waals surface area contributed by atoms with Gasteiger partial charge >= 0.3 is 0 Å². The van der Waals surface area contributed by atoms with Crippen LogP contribution in [0, 0.1) is 17.0 Å². The van der Waals surface area contributed by atoms with Crippen LogP contribution in [0.15, 0.2) is 48.5 Å². The molecule has 0 bridgehead atoms. The van der Waals surface area contributed by atoms with Crippen molar-refractivity contribution in [1.29, 1.82) is 0 Å². The van der Waals surface area contributed by atoms with Crippen LogP contribution in [0.3, 0.4) is 0 Å². The van der Waals surface area contributed by atoms with Gasteiger partial charge in [0.1, 0.15) is 0 Å². The van der Waals surface area contributed by atoms with E-state index in [1.54, 1.807) is 13.0 Å². The van der Waals surface area contributed by atoms with E-state index in [-0.39, 0.29) is 11.6 Å². The first kappa shape index (κ1) is 20.0. The normalized spacial score (nSPS) is 15.3. The van der Waals surface area contributed by atoms with Crippen molar-refractivity contribution < 1.29 is 9.72 Å². The summed E-state index contributed by atoms with van der Waals surface area (Å²) in [5.74, 6) is -0.194. The van der Waals surface area contributed by atoms with Crippen LogP contribution in [0.1, 0.15) is 21.5 Å². The van der Waals surface area contributed by atoms with Crippen LogP contribution in [0.25, 0.3) is 0 Å². The molecule has 148 valence electrons. The number of nitrogens with zero attached hydrogens (tertiary/aromatic N) is 3. The molecule has 1 fully saturated rings. The van der Waals surface area contributed by atoms with E-state index in [0.29, 0.717) is 17.7 Å². The molecule has 1 N–H and O–H groups in total. The van der Waals surface area contributed by atoms with Crippen molar-refractivity contribution in [3.63, 3.8) is 0 Å². The molecular weight excluding hydrogens is 356 g/mol. The second-order valence-corrected chi connectivity index (χ2v) is 7.12. The molecular formula is C21H26N4O3. The Morgan fingerprint density at radius 2 is 1.75 bits per heavy atom. The first-order valence-electron chi connectivity index (χ1n) is 9.55. The maximum absolute atomic E-state index is 12.3. The maximum Gasteiger partial charge on any atom is 0.272 e. The van der Waals surface area contributed by atoms with Crippen LogP contribution in [0.2, 0.25) is 0 Å². The number of nitrogens with one attached hydrogen (secondary N) is 1. The second kappa shape index (κ2) is 9.43. The van der Waals surface area contributed by atoms with E-state index >= 15 is 0 Å². The SMILES string of the molecule is Cc1cc(C(=O)NCCN2CCN(Cc3ccccc3)CC2)ccc1[N+](=O)[O-]. The highest BCUT2D eigenvalue weighted by atomic mass is 16.6. The molecule has 0 radical (unpaired) electrons. The van der Waals surface area contributed by atoms with Crippen molar-refractivity contribution in [3.8, 4) is 0 Å². The van der Waals surface area contributed by atoms with Gasteiger partial charge in [0.15, 0.2) is 0 Å². The van der Waals surface area contributed by atoms with Crippen molar-refractivity contribution in [2.24, 2.45) is 0 Å². The summed E-state index contributed by atoms with van der Waals surface area (Å²) in [6.07, 6.45) is 0. The molecule has 28 heavy (non-hydrogen) atoms. The van der Waals surface area contributed by atoms with Crippen LogP contribution in [-0.4, -0.2) is 59.9 Å². The van der Waals surface area contributed by atoms with Crippen molar-refractivity contribution in [3.05, 3.63) is 75.3 Å². The number of hydrogen-bond acceptors (Lipinski definition) is 5. The summed E-state index contributed by atoms with van der Waals surface area (Å²) in [6, 6.07) is 14.9. The summed E-state index contributed by atoms with van der Waals surface area (Å²) in [5.41, 5.74) is 2.31. The lowest BCUT2D eigenvalue weighted by Crippen LogP contribution is -2.48. The number of amides is 1. The molecule has 0 aliphatic carbocycles. The van der Waals surface area contributed by atoms with Gasteiger partial charge in [0.2, 0.25) is 0 Å². The largest absolute Gasteiger partial charge is 0.351 e. The zero-order valence-corrected chi connectivity index (χ0v) is 16.1. The maximum atomic E-state index is 12.3. The molecule has 0 spiro atoms. The molecule has 0 unspecified atom stereocenters. The number of nitro benzene ring substituents is 1. The predicted molar refractivity (Wildman–Crippen MR) is 108 cm³/mol. The molecule has 3 rings (SSSR count). The highest BCUT2D eigenvalue weighted by Crippen LogP contribution is 2.18. The highest BCUT2D eigenvalue weighted by molar-refractivity contribution is 5.94. The topological polar surface area (TPSA) is 78.7 Å². The minimum absolute atomic E-state index is 0.0323. The Kier molecular flexibility index (Phi) is 6.73. The number of benzene rings is 2. The van der Waals surface area contributed by atoms with Gasteiger partial charge in [-0.15, -0.1) is 0 Å². The van der Waals surface area contributed by atoms with E-state index in [1.165, 1.54) is 17.7 Å². The van der Waals surface area contributed by atoms with E-state index < -0.39 is 4.92 Å². The van der Waals surface area contributed by atoms with E-state index in [9.17, 15) is 14.9 Å². The lowest BCUT2D eigenvalue weighted by Gasteiger charge is -2.34. The molecule has 7 nitrogen and oxygen atoms in total. The summed E-state index contributed by atoms with van der Waals surface area (Å²) < 4.78 is 0. The van der Waals surface area contributed by atoms with E-state index in [4.69, 9.17) is 0 Å². The first-order chi connectivity index (χ1) is 13.5. The van der Waals surface area contributed by atoms with Gasteiger partial charge in [-0.1, -0.05) is 30.3 Å². The van der Waals surface area contributed by atoms with Crippen LogP contribution in [0.4, 0.5) is 5.69 Å². The van der Waals surface area contributed by atoms with E-state index in [1.807, 2.05) is 6.07 Å². The van der Waals surface area contributed by atoms with Gasteiger partial charge in [0.05, 0.1) is 4.92 Å². The molecule has 1 heterocycles. The Labute approximate surface area is 165 Å². The number of carbonyl (C=O) groups is 1. The molecule has 7 heteroatoms. The van der Waals surface area contributed by atoms with Crippen molar-refractivity contribution >= 4 is 11.6 Å². The third-order valence-electron chi connectivity index (χ3n) is 5.08. The van der Waals surface area contributed by atoms with Gasteiger partial charge in [0.25, 0.3) is 11.6 Å². The fourth-order valence-electron chi connectivity index (χ4n) is 3.44. The van der Waals surface area contributed by atoms with Crippen LogP contribution < -0.4 is 5.32 Å². The number of carbonyl (C=O) groups excluding carboxylic acids is 1. The first-order valence-corrected chi connectivity index (χ1v) is 9.55. The van der Waals surface area contributed by atoms with Gasteiger partial charge in [-0.25, -0.2) is 0 Å². The van der Waals surface area contributed by atoms with Gasteiger partial charge in [-0.2, -0.15) is 0 Å². The molecule has 2 aromatic carbocycles. The van der Waals surface area contributed by atoms with Gasteiger partial charge < -0.3 is 5.32 Å². The van der Waals surface area contributed by atoms with Gasteiger partial charge in [0, 0.05) is 63.0 Å². The molecule has 0 atom stereocenters. The monoisotopic (exact) mass is 382 g/mol. The number of hydrogen-bond donors (Lipinski definition) is 1. The minimum Gasteiger partial charge on any atom is -0.351 e. The minimum atomic E-state index is -0.436. The molecule has 1 aliphatic rings. The number of aryl methyl sites for hydroxylation is 1. The molecule has 0 aromatic heterocycles. The summed E-state index contributed by atoms with van der Waals surface area (Å²) in [4.78, 5) is 27.5. The van der Waals surface area contributed by atoms with Gasteiger partial charge in [-0.3, -0.25) is 24.7 Å². The fourth-order valence-corrected chi connectivity index (χ4v) is 3.44. The molecule has 1 amide bonds. The fraction of sp³-hybridized carbons (Fsp3) is 0.381. The van der Waals surface area contributed by atoms with Crippen LogP contribution in [-0.2, 0) is 6.54 Å². The standard InChI is InChI=1S/C21H26N4O3/c1-17-15-19(7-8-20(17)25(27)28)21(26)22-9-10-23-11-13-24(14-12-23)16-18-5-3-2-4-6-18/h2-8,15H,9-14,16H2,1H3,(H,22,26). The molecule has 1 saturated heterocycles. The zero-order chi connectivity index (χ0) is 19.9. The summed E-state index contributed by atoms with van der Waals surface area (Å²) >= 11 is 0. The van der Waals surface area contributed by atoms with Crippen LogP contribution in [0.5, 0.6) is 0 Å². The Bertz CT molecular complexity index is 818. The molecule has 2 aromatic rings. The highest BCUT2D eigenvalue weighted by Gasteiger charge is 2.17. The molecule has 1 aliphatic heterocycles. The Balaban J connectivity index is 1.39. The average Bonchev–Trinajstić information content (AvgIpc) is 2.69. The zero-order valence-electron chi connectivity index (χ0n) is 16.1. The second-order valence-electron chi connectivity index (χ2n) is 7.12. The predicted octanol–water partition coefficient (Wildman–Crippen LogP) is 2.45. The molecule has 0 saturated carbocycles. The number of piperazine rings is 1. The Morgan fingerprint density at radius 3 is 2.39 bits per heavy atom. The summed E-state index contributed by atoms with van der Waals surface area (Å²) in [7, 11) is 0. The lowest BCUT2D eigenvalue weighted by atomic mass is 10.1. The van der Waals surface area contributed by atoms with Crippen molar-refractivity contribution in [2.75, 3.05) is 39.3 Å². The summed E-state index contributed by atoms with van der Waals surface area (Å²) in [6.45, 7) is 7.99. The van der Waals surface area contributed by atoms with Crippen molar-refractivity contribution in [1.82, 2.24) is 15.1 Å². The van der Waals surface area contributed by atoms with E-state index in [2.05, 4.69) is 39.4 Å². The Hall–Kier alpha value is -2.77. The van der Waals surface area contributed by atoms with Gasteiger partial charge in [-0.05, 0) is 24.6 Å².